The molecule has 0 radical (unpaired) electrons. The van der Waals surface area contributed by atoms with E-state index >= 15 is 0 Å². The number of hydrogen-bond acceptors (Lipinski definition) is 5. The molecule has 1 amide bonds. The Bertz CT molecular complexity index is 955. The summed E-state index contributed by atoms with van der Waals surface area (Å²) in [5.74, 6) is -2.45. The highest BCUT2D eigenvalue weighted by atomic mass is 32.1. The summed E-state index contributed by atoms with van der Waals surface area (Å²) in [4.78, 5) is 26.5. The molecule has 140 valence electrons. The molecule has 0 spiro atoms. The van der Waals surface area contributed by atoms with Crippen molar-refractivity contribution in [2.45, 2.75) is 13.5 Å². The second-order valence-electron chi connectivity index (χ2n) is 5.67. The number of rotatable bonds is 6. The Morgan fingerprint density at radius 3 is 2.63 bits per heavy atom. The van der Waals surface area contributed by atoms with E-state index in [1.54, 1.807) is 12.1 Å². The maximum Gasteiger partial charge on any atom is 0.265 e. The molecular formula is C19H16F2N2O3S. The quantitative estimate of drug-likeness (QED) is 0.488. The maximum absolute atomic E-state index is 13.7. The minimum absolute atomic E-state index is 0.295. The number of anilines is 1. The molecule has 0 aliphatic carbocycles. The normalized spacial score (nSPS) is 10.8. The lowest BCUT2D eigenvalue weighted by Gasteiger charge is -2.07. The van der Waals surface area contributed by atoms with Crippen LogP contribution in [0.3, 0.4) is 0 Å². The van der Waals surface area contributed by atoms with Gasteiger partial charge in [-0.1, -0.05) is 12.1 Å². The van der Waals surface area contributed by atoms with Gasteiger partial charge in [0.1, 0.15) is 12.3 Å². The Hall–Kier alpha value is -2.68. The predicted molar refractivity (Wildman–Crippen MR) is 98.4 cm³/mol. The third-order valence-electron chi connectivity index (χ3n) is 3.83. The lowest BCUT2D eigenvalue weighted by Crippen LogP contribution is -2.13. The first kappa shape index (κ1) is 19.1. The van der Waals surface area contributed by atoms with Crippen molar-refractivity contribution in [2.75, 3.05) is 12.4 Å². The highest BCUT2D eigenvalue weighted by Crippen LogP contribution is 2.32. The van der Waals surface area contributed by atoms with Gasteiger partial charge in [0, 0.05) is 4.88 Å². The molecule has 0 bridgehead atoms. The Labute approximate surface area is 158 Å². The van der Waals surface area contributed by atoms with Gasteiger partial charge >= 0.3 is 0 Å². The van der Waals surface area contributed by atoms with E-state index < -0.39 is 23.2 Å². The predicted octanol–water partition coefficient (Wildman–Crippen LogP) is 4.73. The fourth-order valence-electron chi connectivity index (χ4n) is 2.46. The number of thiophene rings is 1. The fraction of sp³-hybridized carbons (Fsp3) is 0.158. The first-order chi connectivity index (χ1) is 13.0. The molecule has 0 aliphatic heterocycles. The number of aryl methyl sites for hydroxylation is 1. The molecule has 2 heterocycles. The molecule has 27 heavy (non-hydrogen) atoms. The number of amides is 1. The summed E-state index contributed by atoms with van der Waals surface area (Å²) in [6.07, 6.45) is 1.69. The van der Waals surface area contributed by atoms with Gasteiger partial charge in [-0.25, -0.2) is 18.6 Å². The second kappa shape index (κ2) is 8.34. The zero-order chi connectivity index (χ0) is 19.4. The van der Waals surface area contributed by atoms with Crippen molar-refractivity contribution in [3.05, 3.63) is 70.4 Å². The summed E-state index contributed by atoms with van der Waals surface area (Å²) in [5.41, 5.74) is 2.37. The van der Waals surface area contributed by atoms with E-state index in [-0.39, 0.29) is 0 Å². The first-order valence-electron chi connectivity index (χ1n) is 7.95. The summed E-state index contributed by atoms with van der Waals surface area (Å²) in [7, 11) is 1.44. The van der Waals surface area contributed by atoms with E-state index in [0.717, 1.165) is 34.0 Å². The minimum atomic E-state index is -0.929. The Morgan fingerprint density at radius 1 is 1.19 bits per heavy atom. The summed E-state index contributed by atoms with van der Waals surface area (Å²) in [6.45, 7) is 2.25. The molecule has 3 aromatic rings. The summed E-state index contributed by atoms with van der Waals surface area (Å²) in [5, 5.41) is 2.26. The fourth-order valence-corrected chi connectivity index (χ4v) is 3.44. The number of nitrogens with one attached hydrogen (secondary N) is 1. The summed E-state index contributed by atoms with van der Waals surface area (Å²) in [6, 6.07) is 9.23. The second-order valence-corrected chi connectivity index (χ2v) is 6.76. The van der Waals surface area contributed by atoms with Gasteiger partial charge in [-0.2, -0.15) is 0 Å². The number of carbonyl (C=O) groups is 1. The van der Waals surface area contributed by atoms with Crippen LogP contribution in [-0.2, 0) is 16.4 Å². The third-order valence-corrected chi connectivity index (χ3v) is 4.95. The van der Waals surface area contributed by atoms with Gasteiger partial charge < -0.3 is 5.32 Å². The van der Waals surface area contributed by atoms with E-state index in [4.69, 9.17) is 4.89 Å². The van der Waals surface area contributed by atoms with Crippen molar-refractivity contribution in [3.63, 3.8) is 0 Å². The van der Waals surface area contributed by atoms with Crippen LogP contribution in [0.1, 0.15) is 20.8 Å². The molecule has 1 N–H and O–H groups in total. The average molecular weight is 390 g/mol. The van der Waals surface area contributed by atoms with E-state index in [2.05, 4.69) is 15.2 Å². The van der Waals surface area contributed by atoms with Crippen LogP contribution in [0.15, 0.2) is 42.7 Å². The minimum Gasteiger partial charge on any atom is -0.316 e. The molecular weight excluding hydrogens is 374 g/mol. The number of halogens is 2. The topological polar surface area (TPSA) is 60.5 Å². The number of pyridine rings is 1. The van der Waals surface area contributed by atoms with Crippen molar-refractivity contribution in [3.8, 4) is 10.4 Å². The average Bonchev–Trinajstić information content (AvgIpc) is 3.14. The standard InChI is InChI=1S/C19H16F2N2O3S/c1-11-3-4-12(10-26-25-2)7-13(11)16-5-6-17(27-16)19(24)23-18-14(20)8-22-9-15(18)21/h3-9H,10H2,1-2H3,(H,22,23,24). The monoisotopic (exact) mass is 390 g/mol. The molecule has 3 rings (SSSR count). The lowest BCUT2D eigenvalue weighted by atomic mass is 10.0. The zero-order valence-electron chi connectivity index (χ0n) is 14.6. The smallest absolute Gasteiger partial charge is 0.265 e. The molecule has 0 saturated carbocycles. The number of benzene rings is 1. The van der Waals surface area contributed by atoms with Gasteiger partial charge in [0.25, 0.3) is 5.91 Å². The molecule has 0 saturated heterocycles. The van der Waals surface area contributed by atoms with Crippen LogP contribution in [0.4, 0.5) is 14.5 Å². The highest BCUT2D eigenvalue weighted by Gasteiger charge is 2.16. The van der Waals surface area contributed by atoms with E-state index in [1.165, 1.54) is 18.4 Å². The first-order valence-corrected chi connectivity index (χ1v) is 8.77. The SMILES string of the molecule is COOCc1ccc(C)c(-c2ccc(C(=O)Nc3c(F)cncc3F)s2)c1. The van der Waals surface area contributed by atoms with Crippen molar-refractivity contribution in [2.24, 2.45) is 0 Å². The van der Waals surface area contributed by atoms with Crippen molar-refractivity contribution >= 4 is 22.9 Å². The van der Waals surface area contributed by atoms with Gasteiger partial charge in [0.05, 0.1) is 24.4 Å². The van der Waals surface area contributed by atoms with Gasteiger partial charge in [0.15, 0.2) is 11.6 Å². The number of nitrogens with zero attached hydrogens (tertiary/aromatic N) is 1. The number of carbonyl (C=O) groups excluding carboxylic acids is 1. The van der Waals surface area contributed by atoms with Crippen molar-refractivity contribution in [1.29, 1.82) is 0 Å². The molecule has 5 nitrogen and oxygen atoms in total. The third kappa shape index (κ3) is 4.36. The summed E-state index contributed by atoms with van der Waals surface area (Å²) < 4.78 is 27.3. The number of aromatic nitrogens is 1. The molecule has 1 aromatic carbocycles. The lowest BCUT2D eigenvalue weighted by molar-refractivity contribution is -0.282. The molecule has 0 unspecified atom stereocenters. The van der Waals surface area contributed by atoms with Crippen LogP contribution < -0.4 is 5.32 Å². The zero-order valence-corrected chi connectivity index (χ0v) is 15.4. The molecule has 0 fully saturated rings. The van der Waals surface area contributed by atoms with Crippen LogP contribution in [0.5, 0.6) is 0 Å². The number of hydrogen-bond donors (Lipinski definition) is 1. The van der Waals surface area contributed by atoms with E-state index in [0.29, 0.717) is 11.5 Å². The van der Waals surface area contributed by atoms with Gasteiger partial charge in [0.2, 0.25) is 0 Å². The van der Waals surface area contributed by atoms with Gasteiger partial charge in [-0.3, -0.25) is 9.78 Å². The van der Waals surface area contributed by atoms with Gasteiger partial charge in [-0.15, -0.1) is 11.3 Å². The van der Waals surface area contributed by atoms with E-state index in [9.17, 15) is 13.6 Å². The Morgan fingerprint density at radius 2 is 1.93 bits per heavy atom. The molecule has 0 atom stereocenters. The molecule has 2 aromatic heterocycles. The maximum atomic E-state index is 13.7. The van der Waals surface area contributed by atoms with Crippen LogP contribution in [0, 0.1) is 18.6 Å². The van der Waals surface area contributed by atoms with Crippen LogP contribution in [0.2, 0.25) is 0 Å². The molecule has 0 aliphatic rings. The summed E-state index contributed by atoms with van der Waals surface area (Å²) >= 11 is 1.23. The van der Waals surface area contributed by atoms with Crippen LogP contribution >= 0.6 is 11.3 Å². The largest absolute Gasteiger partial charge is 0.316 e. The van der Waals surface area contributed by atoms with Crippen molar-refractivity contribution in [1.82, 2.24) is 4.98 Å². The molecule has 8 heteroatoms. The van der Waals surface area contributed by atoms with E-state index in [1.807, 2.05) is 25.1 Å². The van der Waals surface area contributed by atoms with Crippen LogP contribution in [-0.4, -0.2) is 18.0 Å². The highest BCUT2D eigenvalue weighted by molar-refractivity contribution is 7.17. The van der Waals surface area contributed by atoms with Crippen LogP contribution in [0.25, 0.3) is 10.4 Å². The Kier molecular flexibility index (Phi) is 5.90. The van der Waals surface area contributed by atoms with Crippen molar-refractivity contribution < 1.29 is 23.4 Å². The van der Waals surface area contributed by atoms with Gasteiger partial charge in [-0.05, 0) is 41.8 Å². The Balaban J connectivity index is 1.83.